The average Bonchev–Trinajstić information content (AvgIpc) is 2.53. The number of amides is 1. The zero-order valence-corrected chi connectivity index (χ0v) is 15.1. The van der Waals surface area contributed by atoms with Crippen LogP contribution in [0, 0.1) is 6.92 Å². The molecular formula is C15H17N3O5S2. The highest BCUT2D eigenvalue weighted by Gasteiger charge is 2.18. The highest BCUT2D eigenvalue weighted by atomic mass is 32.2. The first-order chi connectivity index (χ1) is 11.5. The van der Waals surface area contributed by atoms with Gasteiger partial charge in [0, 0.05) is 18.3 Å². The highest BCUT2D eigenvalue weighted by Crippen LogP contribution is 2.20. The summed E-state index contributed by atoms with van der Waals surface area (Å²) in [7, 11) is -6.36. The topological polar surface area (TPSA) is 135 Å². The third kappa shape index (κ3) is 4.35. The van der Waals surface area contributed by atoms with Gasteiger partial charge in [-0.2, -0.15) is 0 Å². The molecule has 2 rings (SSSR count). The van der Waals surface area contributed by atoms with E-state index in [2.05, 4.69) is 10.0 Å². The quantitative estimate of drug-likeness (QED) is 0.702. The molecule has 0 saturated heterocycles. The Morgan fingerprint density at radius 1 is 0.960 bits per heavy atom. The second-order valence-corrected chi connectivity index (χ2v) is 8.47. The number of rotatable bonds is 5. The van der Waals surface area contributed by atoms with E-state index in [1.807, 2.05) is 0 Å². The predicted octanol–water partition coefficient (Wildman–Crippen LogP) is 0.803. The van der Waals surface area contributed by atoms with E-state index in [1.54, 1.807) is 6.92 Å². The van der Waals surface area contributed by atoms with Crippen molar-refractivity contribution in [2.24, 2.45) is 5.14 Å². The molecule has 134 valence electrons. The van der Waals surface area contributed by atoms with Gasteiger partial charge >= 0.3 is 0 Å². The molecule has 0 saturated carbocycles. The zero-order valence-electron chi connectivity index (χ0n) is 13.5. The number of sulfonamides is 2. The summed E-state index contributed by atoms with van der Waals surface area (Å²) < 4.78 is 49.7. The van der Waals surface area contributed by atoms with E-state index in [-0.39, 0.29) is 21.0 Å². The summed E-state index contributed by atoms with van der Waals surface area (Å²) in [5, 5.41) is 7.44. The Morgan fingerprint density at radius 3 is 2.04 bits per heavy atom. The van der Waals surface area contributed by atoms with Crippen LogP contribution in [0.15, 0.2) is 52.3 Å². The lowest BCUT2D eigenvalue weighted by Gasteiger charge is -2.11. The predicted molar refractivity (Wildman–Crippen MR) is 93.2 cm³/mol. The number of aryl methyl sites for hydroxylation is 1. The van der Waals surface area contributed by atoms with Gasteiger partial charge in [-0.3, -0.25) is 9.52 Å². The molecule has 0 atom stereocenters. The van der Waals surface area contributed by atoms with Crippen LogP contribution in [0.5, 0.6) is 0 Å². The summed E-state index contributed by atoms with van der Waals surface area (Å²) in [6, 6.07) is 9.13. The molecule has 2 aromatic rings. The molecule has 0 radical (unpaired) electrons. The number of hydrogen-bond donors (Lipinski definition) is 3. The van der Waals surface area contributed by atoms with Gasteiger partial charge in [-0.1, -0.05) is 6.07 Å². The summed E-state index contributed by atoms with van der Waals surface area (Å²) in [6.07, 6.45) is 0. The Morgan fingerprint density at radius 2 is 1.52 bits per heavy atom. The van der Waals surface area contributed by atoms with Gasteiger partial charge < -0.3 is 5.32 Å². The average molecular weight is 383 g/mol. The molecule has 0 aromatic heterocycles. The van der Waals surface area contributed by atoms with Crippen molar-refractivity contribution in [3.63, 3.8) is 0 Å². The number of nitrogens with two attached hydrogens (primary N) is 1. The highest BCUT2D eigenvalue weighted by molar-refractivity contribution is 7.92. The Labute approximate surface area is 146 Å². The van der Waals surface area contributed by atoms with E-state index >= 15 is 0 Å². The minimum Gasteiger partial charge on any atom is -0.355 e. The van der Waals surface area contributed by atoms with E-state index in [1.165, 1.54) is 49.5 Å². The second kappa shape index (κ2) is 6.82. The van der Waals surface area contributed by atoms with Crippen LogP contribution in [0.25, 0.3) is 0 Å². The third-order valence-electron chi connectivity index (χ3n) is 3.43. The van der Waals surface area contributed by atoms with E-state index in [0.29, 0.717) is 5.56 Å². The van der Waals surface area contributed by atoms with Crippen molar-refractivity contribution in [3.05, 3.63) is 53.6 Å². The fraction of sp³-hybridized carbons (Fsp3) is 0.133. The van der Waals surface area contributed by atoms with Crippen molar-refractivity contribution >= 4 is 31.6 Å². The molecule has 25 heavy (non-hydrogen) atoms. The Kier molecular flexibility index (Phi) is 5.16. The minimum atomic E-state index is -3.95. The van der Waals surface area contributed by atoms with Crippen LogP contribution in [-0.4, -0.2) is 29.8 Å². The zero-order chi connectivity index (χ0) is 18.8. The molecular weight excluding hydrogens is 366 g/mol. The fourth-order valence-corrected chi connectivity index (χ4v) is 3.67. The normalized spacial score (nSPS) is 11.8. The smallest absolute Gasteiger partial charge is 0.261 e. The van der Waals surface area contributed by atoms with Gasteiger partial charge in [0.15, 0.2) is 0 Å². The number of hydrogen-bond acceptors (Lipinski definition) is 5. The molecule has 8 nitrogen and oxygen atoms in total. The van der Waals surface area contributed by atoms with Crippen LogP contribution in [0.3, 0.4) is 0 Å². The van der Waals surface area contributed by atoms with Crippen LogP contribution in [0.4, 0.5) is 5.69 Å². The van der Waals surface area contributed by atoms with E-state index in [4.69, 9.17) is 5.14 Å². The van der Waals surface area contributed by atoms with Gasteiger partial charge in [0.1, 0.15) is 0 Å². The van der Waals surface area contributed by atoms with Crippen LogP contribution in [0.1, 0.15) is 15.9 Å². The fourth-order valence-electron chi connectivity index (χ4n) is 2.07. The van der Waals surface area contributed by atoms with Crippen molar-refractivity contribution in [1.29, 1.82) is 0 Å². The molecule has 0 unspecified atom stereocenters. The minimum absolute atomic E-state index is 0.0905. The largest absolute Gasteiger partial charge is 0.355 e. The van der Waals surface area contributed by atoms with Gasteiger partial charge in [0.2, 0.25) is 10.0 Å². The molecule has 0 aliphatic heterocycles. The maximum atomic E-state index is 12.5. The molecule has 0 aliphatic carbocycles. The number of benzene rings is 2. The van der Waals surface area contributed by atoms with Crippen molar-refractivity contribution in [1.82, 2.24) is 5.32 Å². The van der Waals surface area contributed by atoms with Crippen LogP contribution >= 0.6 is 0 Å². The lowest BCUT2D eigenvalue weighted by molar-refractivity contribution is 0.0962. The SMILES string of the molecule is CNC(=O)c1cc(S(=O)(=O)Nc2ccc(S(N)(=O)=O)cc2)ccc1C. The van der Waals surface area contributed by atoms with E-state index in [9.17, 15) is 21.6 Å². The van der Waals surface area contributed by atoms with Gasteiger partial charge in [-0.25, -0.2) is 22.0 Å². The van der Waals surface area contributed by atoms with Crippen molar-refractivity contribution in [2.75, 3.05) is 11.8 Å². The van der Waals surface area contributed by atoms with Crippen LogP contribution < -0.4 is 15.2 Å². The summed E-state index contributed by atoms with van der Waals surface area (Å²) >= 11 is 0. The standard InChI is InChI=1S/C15H17N3O5S2/c1-10-3-6-13(9-14(10)15(19)17-2)25(22,23)18-11-4-7-12(8-5-11)24(16,20)21/h3-9,18H,1-2H3,(H,17,19)(H2,16,20,21). The van der Waals surface area contributed by atoms with Gasteiger partial charge in [-0.15, -0.1) is 0 Å². The van der Waals surface area contributed by atoms with Crippen LogP contribution in [0.2, 0.25) is 0 Å². The summed E-state index contributed by atoms with van der Waals surface area (Å²) in [5.74, 6) is -0.396. The molecule has 4 N–H and O–H groups in total. The van der Waals surface area contributed by atoms with Crippen molar-refractivity contribution in [2.45, 2.75) is 16.7 Å². The first kappa shape index (κ1) is 18.9. The lowest BCUT2D eigenvalue weighted by atomic mass is 10.1. The lowest BCUT2D eigenvalue weighted by Crippen LogP contribution is -2.20. The second-order valence-electron chi connectivity index (χ2n) is 5.23. The number of anilines is 1. The van der Waals surface area contributed by atoms with Gasteiger partial charge in [0.05, 0.1) is 9.79 Å². The first-order valence-corrected chi connectivity index (χ1v) is 10.1. The molecule has 0 spiro atoms. The van der Waals surface area contributed by atoms with Gasteiger partial charge in [0.25, 0.3) is 15.9 Å². The van der Waals surface area contributed by atoms with Gasteiger partial charge in [-0.05, 0) is 48.9 Å². The Hall–Kier alpha value is -2.43. The molecule has 1 amide bonds. The molecule has 0 aliphatic rings. The summed E-state index contributed by atoms with van der Waals surface area (Å²) in [4.78, 5) is 11.6. The molecule has 0 heterocycles. The van der Waals surface area contributed by atoms with E-state index < -0.39 is 26.0 Å². The number of nitrogens with one attached hydrogen (secondary N) is 2. The number of primary sulfonamides is 1. The molecule has 0 fully saturated rings. The maximum Gasteiger partial charge on any atom is 0.261 e. The molecule has 10 heteroatoms. The summed E-state index contributed by atoms with van der Waals surface area (Å²) in [6.45, 7) is 1.69. The van der Waals surface area contributed by atoms with Crippen LogP contribution in [-0.2, 0) is 20.0 Å². The third-order valence-corrected chi connectivity index (χ3v) is 5.73. The molecule has 0 bridgehead atoms. The summed E-state index contributed by atoms with van der Waals surface area (Å²) in [5.41, 5.74) is 1.04. The monoisotopic (exact) mass is 383 g/mol. The van der Waals surface area contributed by atoms with Crippen molar-refractivity contribution < 1.29 is 21.6 Å². The van der Waals surface area contributed by atoms with E-state index in [0.717, 1.165) is 0 Å². The Bertz CT molecular complexity index is 1010. The first-order valence-electron chi connectivity index (χ1n) is 7.03. The number of carbonyl (C=O) groups is 1. The molecule has 2 aromatic carbocycles. The maximum absolute atomic E-state index is 12.5. The Balaban J connectivity index is 2.35. The number of carbonyl (C=O) groups excluding carboxylic acids is 1. The van der Waals surface area contributed by atoms with Crippen molar-refractivity contribution in [3.8, 4) is 0 Å².